The summed E-state index contributed by atoms with van der Waals surface area (Å²) in [7, 11) is 0. The smallest absolute Gasteiger partial charge is 0.375 e. The number of hydrogen-bond donors (Lipinski definition) is 2. The zero-order valence-corrected chi connectivity index (χ0v) is 16.4. The topological polar surface area (TPSA) is 75.1 Å². The number of aryl methyl sites for hydroxylation is 1. The summed E-state index contributed by atoms with van der Waals surface area (Å²) in [5.41, 5.74) is -0.711. The molecule has 1 atom stereocenters. The van der Waals surface area contributed by atoms with Gasteiger partial charge in [0.1, 0.15) is 5.69 Å². The normalized spacial score (nSPS) is 16.3. The van der Waals surface area contributed by atoms with Gasteiger partial charge in [0.2, 0.25) is 5.60 Å². The van der Waals surface area contributed by atoms with Gasteiger partial charge in [-0.2, -0.15) is 23.4 Å². The highest BCUT2D eigenvalue weighted by Gasteiger charge is 2.53. The molecule has 1 saturated carbocycles. The van der Waals surface area contributed by atoms with E-state index in [9.17, 15) is 23.1 Å². The van der Waals surface area contributed by atoms with Crippen LogP contribution in [0.15, 0.2) is 42.6 Å². The predicted molar refractivity (Wildman–Crippen MR) is 106 cm³/mol. The number of amides is 1. The SMILES string of the molecule is Cc1ccc(C(=O)NC2CC2)cc1-c1ccc2c([C@](C)(O)C(F)(F)F)nncc2c1. The van der Waals surface area contributed by atoms with Gasteiger partial charge in [-0.1, -0.05) is 18.2 Å². The number of rotatable bonds is 4. The first kappa shape index (κ1) is 20.3. The third kappa shape index (κ3) is 3.63. The van der Waals surface area contributed by atoms with E-state index in [0.717, 1.165) is 29.5 Å². The second-order valence-electron chi connectivity index (χ2n) is 7.84. The molecule has 1 heterocycles. The van der Waals surface area contributed by atoms with E-state index in [2.05, 4.69) is 15.5 Å². The summed E-state index contributed by atoms with van der Waals surface area (Å²) in [6, 6.07) is 10.4. The first-order chi connectivity index (χ1) is 14.1. The number of alkyl halides is 3. The molecule has 0 spiro atoms. The molecule has 1 aliphatic rings. The summed E-state index contributed by atoms with van der Waals surface area (Å²) in [6.07, 6.45) is -1.57. The minimum absolute atomic E-state index is 0.145. The van der Waals surface area contributed by atoms with Crippen molar-refractivity contribution in [1.29, 1.82) is 0 Å². The lowest BCUT2D eigenvalue weighted by atomic mass is 9.93. The van der Waals surface area contributed by atoms with Crippen LogP contribution in [-0.2, 0) is 5.60 Å². The summed E-state index contributed by atoms with van der Waals surface area (Å²) in [5, 5.41) is 20.8. The number of halogens is 3. The molecule has 0 saturated heterocycles. The molecule has 1 aliphatic carbocycles. The van der Waals surface area contributed by atoms with E-state index in [0.29, 0.717) is 17.9 Å². The van der Waals surface area contributed by atoms with Crippen LogP contribution in [0, 0.1) is 6.92 Å². The molecule has 0 radical (unpaired) electrons. The fourth-order valence-electron chi connectivity index (χ4n) is 3.32. The molecule has 30 heavy (non-hydrogen) atoms. The van der Waals surface area contributed by atoms with Gasteiger partial charge in [-0.25, -0.2) is 0 Å². The van der Waals surface area contributed by atoms with Crippen LogP contribution in [0.25, 0.3) is 21.9 Å². The first-order valence-electron chi connectivity index (χ1n) is 9.55. The molecule has 0 unspecified atom stereocenters. The van der Waals surface area contributed by atoms with Crippen molar-refractivity contribution in [3.8, 4) is 11.1 Å². The standard InChI is InChI=1S/C22H20F3N3O2/c1-12-3-4-14(20(29)27-16-6-7-16)10-18(12)13-5-8-17-15(9-13)11-26-28-19(17)21(2,30)22(23,24)25/h3-5,8-11,16,30H,6-7H2,1-2H3,(H,27,29)/t21-/m0/s1. The Morgan fingerprint density at radius 3 is 2.57 bits per heavy atom. The summed E-state index contributed by atoms with van der Waals surface area (Å²) in [6.45, 7) is 2.56. The number of hydrogen-bond acceptors (Lipinski definition) is 4. The molecule has 1 fully saturated rings. The van der Waals surface area contributed by atoms with Crippen molar-refractivity contribution in [3.63, 3.8) is 0 Å². The second kappa shape index (κ2) is 7.05. The Morgan fingerprint density at radius 1 is 1.17 bits per heavy atom. The number of nitrogens with zero attached hydrogens (tertiary/aromatic N) is 2. The minimum atomic E-state index is -4.89. The lowest BCUT2D eigenvalue weighted by molar-refractivity contribution is -0.260. The number of aromatic nitrogens is 2. The Balaban J connectivity index is 1.77. The third-order valence-electron chi connectivity index (χ3n) is 5.40. The maximum absolute atomic E-state index is 13.3. The van der Waals surface area contributed by atoms with Crippen molar-refractivity contribution < 1.29 is 23.1 Å². The molecule has 156 valence electrons. The van der Waals surface area contributed by atoms with Crippen molar-refractivity contribution in [2.75, 3.05) is 0 Å². The van der Waals surface area contributed by atoms with Gasteiger partial charge in [0, 0.05) is 22.4 Å². The quantitative estimate of drug-likeness (QED) is 0.668. The van der Waals surface area contributed by atoms with Gasteiger partial charge >= 0.3 is 6.18 Å². The van der Waals surface area contributed by atoms with Crippen molar-refractivity contribution in [3.05, 3.63) is 59.4 Å². The van der Waals surface area contributed by atoms with Gasteiger partial charge in [0.15, 0.2) is 0 Å². The van der Waals surface area contributed by atoms with Crippen molar-refractivity contribution in [1.82, 2.24) is 15.5 Å². The largest absolute Gasteiger partial charge is 0.422 e. The molecule has 4 rings (SSSR count). The Hall–Kier alpha value is -3.00. The maximum Gasteiger partial charge on any atom is 0.422 e. The zero-order valence-electron chi connectivity index (χ0n) is 16.4. The number of carbonyl (C=O) groups is 1. The van der Waals surface area contributed by atoms with E-state index >= 15 is 0 Å². The molecular formula is C22H20F3N3O2. The van der Waals surface area contributed by atoms with Gasteiger partial charge in [-0.3, -0.25) is 4.79 Å². The van der Waals surface area contributed by atoms with E-state index in [1.165, 1.54) is 12.3 Å². The van der Waals surface area contributed by atoms with E-state index in [4.69, 9.17) is 0 Å². The number of nitrogens with one attached hydrogen (secondary N) is 1. The highest BCUT2D eigenvalue weighted by Crippen LogP contribution is 2.40. The molecule has 0 aliphatic heterocycles. The summed E-state index contributed by atoms with van der Waals surface area (Å²) >= 11 is 0. The highest BCUT2D eigenvalue weighted by molar-refractivity contribution is 5.97. The molecule has 0 bridgehead atoms. The van der Waals surface area contributed by atoms with Crippen LogP contribution in [0.4, 0.5) is 13.2 Å². The lowest BCUT2D eigenvalue weighted by Crippen LogP contribution is -2.40. The van der Waals surface area contributed by atoms with Gasteiger partial charge in [-0.05, 0) is 61.6 Å². The fraction of sp³-hybridized carbons (Fsp3) is 0.318. The van der Waals surface area contributed by atoms with E-state index in [1.54, 1.807) is 24.3 Å². The van der Waals surface area contributed by atoms with Crippen molar-refractivity contribution in [2.45, 2.75) is 44.5 Å². The number of fused-ring (bicyclic) bond motifs is 1. The first-order valence-corrected chi connectivity index (χ1v) is 9.55. The van der Waals surface area contributed by atoms with E-state index in [1.807, 2.05) is 13.0 Å². The minimum Gasteiger partial charge on any atom is -0.375 e. The molecular weight excluding hydrogens is 395 g/mol. The number of carbonyl (C=O) groups excluding carboxylic acids is 1. The Kier molecular flexibility index (Phi) is 4.77. The fourth-order valence-corrected chi connectivity index (χ4v) is 3.32. The van der Waals surface area contributed by atoms with Gasteiger partial charge in [0.25, 0.3) is 5.91 Å². The Morgan fingerprint density at radius 2 is 1.90 bits per heavy atom. The van der Waals surface area contributed by atoms with Crippen molar-refractivity contribution >= 4 is 16.7 Å². The number of benzene rings is 2. The lowest BCUT2D eigenvalue weighted by Gasteiger charge is -2.26. The molecule has 3 aromatic rings. The average molecular weight is 415 g/mol. The van der Waals surface area contributed by atoms with Crippen LogP contribution in [-0.4, -0.2) is 33.4 Å². The van der Waals surface area contributed by atoms with E-state index < -0.39 is 17.5 Å². The summed E-state index contributed by atoms with van der Waals surface area (Å²) in [4.78, 5) is 12.4. The highest BCUT2D eigenvalue weighted by atomic mass is 19.4. The Bertz CT molecular complexity index is 1140. The van der Waals surface area contributed by atoms with Crippen molar-refractivity contribution in [2.24, 2.45) is 0 Å². The molecule has 5 nitrogen and oxygen atoms in total. The van der Waals surface area contributed by atoms with Crippen LogP contribution in [0.2, 0.25) is 0 Å². The molecule has 1 amide bonds. The van der Waals surface area contributed by atoms with Crippen LogP contribution < -0.4 is 5.32 Å². The Labute approximate surface area is 170 Å². The second-order valence-corrected chi connectivity index (χ2v) is 7.84. The van der Waals surface area contributed by atoms with Crippen LogP contribution in [0.5, 0.6) is 0 Å². The van der Waals surface area contributed by atoms with Gasteiger partial charge < -0.3 is 10.4 Å². The van der Waals surface area contributed by atoms with Gasteiger partial charge in [0.05, 0.1) is 6.20 Å². The molecule has 8 heteroatoms. The van der Waals surface area contributed by atoms with E-state index in [-0.39, 0.29) is 17.3 Å². The molecule has 2 N–H and O–H groups in total. The predicted octanol–water partition coefficient (Wildman–Crippen LogP) is 4.27. The van der Waals surface area contributed by atoms with Gasteiger partial charge in [-0.15, -0.1) is 0 Å². The molecule has 2 aromatic carbocycles. The zero-order chi connectivity index (χ0) is 21.7. The van der Waals surface area contributed by atoms with Crippen LogP contribution in [0.3, 0.4) is 0 Å². The van der Waals surface area contributed by atoms with Crippen LogP contribution in [0.1, 0.15) is 41.4 Å². The maximum atomic E-state index is 13.3. The molecule has 1 aromatic heterocycles. The van der Waals surface area contributed by atoms with Crippen LogP contribution >= 0.6 is 0 Å². The monoisotopic (exact) mass is 415 g/mol. The summed E-state index contributed by atoms with van der Waals surface area (Å²) in [5.74, 6) is -0.145. The summed E-state index contributed by atoms with van der Waals surface area (Å²) < 4.78 is 39.9. The average Bonchev–Trinajstić information content (AvgIpc) is 3.50. The third-order valence-corrected chi connectivity index (χ3v) is 5.40. The number of aliphatic hydroxyl groups is 1.